The van der Waals surface area contributed by atoms with Crippen molar-refractivity contribution in [2.24, 2.45) is 0 Å². The molecule has 2 aromatic rings. The van der Waals surface area contributed by atoms with Crippen molar-refractivity contribution in [1.82, 2.24) is 5.32 Å². The number of carbonyl (C=O) groups is 3. The maximum atomic E-state index is 12.2. The molecule has 0 aliphatic carbocycles. The van der Waals surface area contributed by atoms with E-state index in [9.17, 15) is 14.4 Å². The average molecular weight is 415 g/mol. The van der Waals surface area contributed by atoms with Gasteiger partial charge < -0.3 is 30.5 Å². The van der Waals surface area contributed by atoms with Crippen LogP contribution in [0, 0.1) is 6.92 Å². The Morgan fingerprint density at radius 1 is 1.03 bits per heavy atom. The van der Waals surface area contributed by atoms with Crippen molar-refractivity contribution < 1.29 is 29.0 Å². The van der Waals surface area contributed by atoms with Crippen LogP contribution in [0.2, 0.25) is 0 Å². The van der Waals surface area contributed by atoms with E-state index in [0.717, 1.165) is 5.56 Å². The topological polar surface area (TPSA) is 126 Å². The maximum Gasteiger partial charge on any atom is 0.340 e. The number of anilines is 2. The SMILES string of the molecule is COc1ccc(C)cc1NC(=O)CNC(=O)COC(=O)c1ccccc1NCCO. The lowest BCUT2D eigenvalue weighted by atomic mass is 10.2. The first-order chi connectivity index (χ1) is 14.4. The van der Waals surface area contributed by atoms with Crippen molar-refractivity contribution in [3.05, 3.63) is 53.6 Å². The van der Waals surface area contributed by atoms with Crippen molar-refractivity contribution in [2.45, 2.75) is 6.92 Å². The van der Waals surface area contributed by atoms with Crippen molar-refractivity contribution in [3.8, 4) is 5.75 Å². The van der Waals surface area contributed by atoms with Gasteiger partial charge in [-0.25, -0.2) is 4.79 Å². The summed E-state index contributed by atoms with van der Waals surface area (Å²) in [5, 5.41) is 16.8. The van der Waals surface area contributed by atoms with Gasteiger partial charge in [-0.05, 0) is 36.8 Å². The van der Waals surface area contributed by atoms with Crippen molar-refractivity contribution >= 4 is 29.2 Å². The molecule has 30 heavy (non-hydrogen) atoms. The molecule has 9 nitrogen and oxygen atoms in total. The third-order valence-electron chi connectivity index (χ3n) is 3.98. The number of esters is 1. The summed E-state index contributed by atoms with van der Waals surface area (Å²) in [5.41, 5.74) is 2.16. The molecule has 0 atom stereocenters. The van der Waals surface area contributed by atoms with Crippen LogP contribution in [0.4, 0.5) is 11.4 Å². The fourth-order valence-electron chi connectivity index (χ4n) is 2.56. The number of para-hydroxylation sites is 1. The minimum atomic E-state index is -0.694. The number of amides is 2. The summed E-state index contributed by atoms with van der Waals surface area (Å²) in [7, 11) is 1.49. The number of aliphatic hydroxyl groups excluding tert-OH is 1. The second-order valence-corrected chi connectivity index (χ2v) is 6.30. The lowest BCUT2D eigenvalue weighted by Gasteiger charge is -2.12. The summed E-state index contributed by atoms with van der Waals surface area (Å²) < 4.78 is 10.2. The van der Waals surface area contributed by atoms with Crippen molar-refractivity contribution in [1.29, 1.82) is 0 Å². The van der Waals surface area contributed by atoms with Gasteiger partial charge in [0.2, 0.25) is 5.91 Å². The summed E-state index contributed by atoms with van der Waals surface area (Å²) in [4.78, 5) is 36.2. The number of nitrogens with one attached hydrogen (secondary N) is 3. The Hall–Kier alpha value is -3.59. The van der Waals surface area contributed by atoms with E-state index in [0.29, 0.717) is 17.1 Å². The molecule has 0 unspecified atom stereocenters. The number of carbonyl (C=O) groups excluding carboxylic acids is 3. The Kier molecular flexibility index (Phi) is 8.64. The van der Waals surface area contributed by atoms with E-state index in [1.165, 1.54) is 7.11 Å². The number of methoxy groups -OCH3 is 1. The maximum absolute atomic E-state index is 12.2. The predicted octanol–water partition coefficient (Wildman–Crippen LogP) is 1.32. The van der Waals surface area contributed by atoms with Gasteiger partial charge in [-0.15, -0.1) is 0 Å². The molecule has 2 aromatic carbocycles. The molecule has 0 aliphatic heterocycles. The fourth-order valence-corrected chi connectivity index (χ4v) is 2.56. The molecule has 0 heterocycles. The minimum Gasteiger partial charge on any atom is -0.495 e. The molecule has 0 radical (unpaired) electrons. The van der Waals surface area contributed by atoms with Crippen LogP contribution in [0.15, 0.2) is 42.5 Å². The molecule has 160 valence electrons. The summed E-state index contributed by atoms with van der Waals surface area (Å²) in [6.45, 7) is 1.23. The standard InChI is InChI=1S/C21H25N3O6/c1-14-7-8-18(29-2)17(11-14)24-19(26)12-23-20(27)13-30-21(28)15-5-3-4-6-16(15)22-9-10-25/h3-8,11,22,25H,9-10,12-13H2,1-2H3,(H,23,27)(H,24,26). The number of ether oxygens (including phenoxy) is 2. The van der Waals surface area contributed by atoms with E-state index >= 15 is 0 Å². The second-order valence-electron chi connectivity index (χ2n) is 6.30. The van der Waals surface area contributed by atoms with Gasteiger partial charge in [0.15, 0.2) is 6.61 Å². The highest BCUT2D eigenvalue weighted by molar-refractivity contribution is 5.98. The monoisotopic (exact) mass is 415 g/mol. The first-order valence-electron chi connectivity index (χ1n) is 9.26. The van der Waals surface area contributed by atoms with Gasteiger partial charge in [-0.3, -0.25) is 9.59 Å². The highest BCUT2D eigenvalue weighted by atomic mass is 16.5. The Balaban J connectivity index is 1.82. The first-order valence-corrected chi connectivity index (χ1v) is 9.26. The van der Waals surface area contributed by atoms with Gasteiger partial charge in [0, 0.05) is 12.2 Å². The predicted molar refractivity (Wildman–Crippen MR) is 112 cm³/mol. The Morgan fingerprint density at radius 3 is 2.53 bits per heavy atom. The zero-order valence-electron chi connectivity index (χ0n) is 16.9. The van der Waals surface area contributed by atoms with Gasteiger partial charge in [0.05, 0.1) is 31.5 Å². The van der Waals surface area contributed by atoms with E-state index in [1.807, 2.05) is 13.0 Å². The molecule has 2 rings (SSSR count). The van der Waals surface area contributed by atoms with Crippen LogP contribution in [-0.2, 0) is 14.3 Å². The van der Waals surface area contributed by atoms with Crippen LogP contribution in [0.5, 0.6) is 5.75 Å². The van der Waals surface area contributed by atoms with Gasteiger partial charge in [-0.2, -0.15) is 0 Å². The Bertz CT molecular complexity index is 900. The smallest absolute Gasteiger partial charge is 0.340 e. The molecular weight excluding hydrogens is 390 g/mol. The molecule has 2 amide bonds. The number of aliphatic hydroxyl groups is 1. The van der Waals surface area contributed by atoms with Gasteiger partial charge in [0.25, 0.3) is 5.91 Å². The molecule has 0 aliphatic rings. The van der Waals surface area contributed by atoms with E-state index < -0.39 is 24.4 Å². The molecule has 0 saturated carbocycles. The lowest BCUT2D eigenvalue weighted by Crippen LogP contribution is -2.35. The second kappa shape index (κ2) is 11.4. The Morgan fingerprint density at radius 2 is 1.80 bits per heavy atom. The molecule has 0 bridgehead atoms. The zero-order chi connectivity index (χ0) is 21.9. The lowest BCUT2D eigenvalue weighted by molar-refractivity contribution is -0.126. The van der Waals surface area contributed by atoms with E-state index in [-0.39, 0.29) is 25.3 Å². The third-order valence-corrected chi connectivity index (χ3v) is 3.98. The van der Waals surface area contributed by atoms with Crippen LogP contribution in [0.1, 0.15) is 15.9 Å². The number of aryl methyl sites for hydroxylation is 1. The largest absolute Gasteiger partial charge is 0.495 e. The van der Waals surface area contributed by atoms with Crippen LogP contribution in [-0.4, -0.2) is 56.3 Å². The highest BCUT2D eigenvalue weighted by Gasteiger charge is 2.15. The molecule has 0 fully saturated rings. The molecular formula is C21H25N3O6. The van der Waals surface area contributed by atoms with E-state index in [4.69, 9.17) is 14.6 Å². The average Bonchev–Trinajstić information content (AvgIpc) is 2.75. The van der Waals surface area contributed by atoms with Crippen LogP contribution >= 0.6 is 0 Å². The number of hydrogen-bond acceptors (Lipinski definition) is 7. The van der Waals surface area contributed by atoms with E-state index in [2.05, 4.69) is 16.0 Å². The van der Waals surface area contributed by atoms with Crippen molar-refractivity contribution in [3.63, 3.8) is 0 Å². The van der Waals surface area contributed by atoms with E-state index in [1.54, 1.807) is 36.4 Å². The highest BCUT2D eigenvalue weighted by Crippen LogP contribution is 2.24. The normalized spacial score (nSPS) is 10.1. The number of rotatable bonds is 10. The van der Waals surface area contributed by atoms with Crippen LogP contribution in [0.3, 0.4) is 0 Å². The Labute approximate surface area is 174 Å². The van der Waals surface area contributed by atoms with Crippen LogP contribution in [0.25, 0.3) is 0 Å². The molecule has 4 N–H and O–H groups in total. The quantitative estimate of drug-likeness (QED) is 0.431. The minimum absolute atomic E-state index is 0.0950. The summed E-state index contributed by atoms with van der Waals surface area (Å²) >= 11 is 0. The number of benzene rings is 2. The van der Waals surface area contributed by atoms with Gasteiger partial charge >= 0.3 is 5.97 Å². The summed E-state index contributed by atoms with van der Waals surface area (Å²) in [6, 6.07) is 11.9. The summed E-state index contributed by atoms with van der Waals surface area (Å²) in [5.74, 6) is -1.25. The van der Waals surface area contributed by atoms with Crippen LogP contribution < -0.4 is 20.7 Å². The first kappa shape index (κ1) is 22.7. The molecule has 9 heteroatoms. The number of hydrogen-bond donors (Lipinski definition) is 4. The molecule has 0 saturated heterocycles. The third kappa shape index (κ3) is 6.78. The van der Waals surface area contributed by atoms with Gasteiger partial charge in [0.1, 0.15) is 5.75 Å². The van der Waals surface area contributed by atoms with Gasteiger partial charge in [-0.1, -0.05) is 18.2 Å². The summed E-state index contributed by atoms with van der Waals surface area (Å²) in [6.07, 6.45) is 0. The fraction of sp³-hybridized carbons (Fsp3) is 0.286. The zero-order valence-corrected chi connectivity index (χ0v) is 16.9. The van der Waals surface area contributed by atoms with Crippen molar-refractivity contribution in [2.75, 3.05) is 44.0 Å². The molecule has 0 aromatic heterocycles. The molecule has 0 spiro atoms.